The highest BCUT2D eigenvalue weighted by Gasteiger charge is 2.18. The van der Waals surface area contributed by atoms with Crippen molar-refractivity contribution < 1.29 is 10.2 Å². The number of rotatable bonds is 5. The zero-order chi connectivity index (χ0) is 15.2. The molecule has 1 unspecified atom stereocenters. The molecule has 0 aromatic carbocycles. The lowest BCUT2D eigenvalue weighted by Gasteiger charge is -2.14. The molecule has 0 bridgehead atoms. The molecule has 0 fully saturated rings. The summed E-state index contributed by atoms with van der Waals surface area (Å²) in [6.45, 7) is 0.0431. The monoisotopic (exact) mass is 347 g/mol. The summed E-state index contributed by atoms with van der Waals surface area (Å²) in [4.78, 5) is 8.42. The van der Waals surface area contributed by atoms with Crippen molar-refractivity contribution in [3.63, 3.8) is 0 Å². The molecule has 2 aromatic heterocycles. The van der Waals surface area contributed by atoms with E-state index < -0.39 is 6.10 Å². The van der Waals surface area contributed by atoms with Crippen molar-refractivity contribution in [2.45, 2.75) is 18.9 Å². The van der Waals surface area contributed by atoms with Crippen molar-refractivity contribution >= 4 is 15.9 Å². The molecule has 6 heteroatoms. The van der Waals surface area contributed by atoms with Crippen molar-refractivity contribution in [3.8, 4) is 6.07 Å². The van der Waals surface area contributed by atoms with Gasteiger partial charge in [0.05, 0.1) is 17.0 Å². The Morgan fingerprint density at radius 2 is 2.19 bits per heavy atom. The van der Waals surface area contributed by atoms with Crippen LogP contribution in [0.5, 0.6) is 0 Å². The molecule has 2 aromatic rings. The molecule has 2 N–H and O–H groups in total. The Morgan fingerprint density at radius 1 is 1.38 bits per heavy atom. The fraction of sp³-hybridized carbons (Fsp3) is 0.267. The Balaban J connectivity index is 2.39. The minimum atomic E-state index is -0.969. The van der Waals surface area contributed by atoms with E-state index in [1.807, 2.05) is 6.07 Å². The molecule has 0 amide bonds. The zero-order valence-electron chi connectivity index (χ0n) is 11.2. The van der Waals surface area contributed by atoms with Crippen LogP contribution in [0.25, 0.3) is 0 Å². The molecule has 0 saturated carbocycles. The zero-order valence-corrected chi connectivity index (χ0v) is 12.8. The minimum absolute atomic E-state index is 0.0431. The van der Waals surface area contributed by atoms with Gasteiger partial charge in [-0.15, -0.1) is 0 Å². The minimum Gasteiger partial charge on any atom is -0.396 e. The summed E-state index contributed by atoms with van der Waals surface area (Å²) in [5.74, 6) is 0. The molecule has 1 atom stereocenters. The molecular formula is C15H14BrN3O2. The van der Waals surface area contributed by atoms with E-state index in [-0.39, 0.29) is 6.61 Å². The summed E-state index contributed by atoms with van der Waals surface area (Å²) in [6.07, 6.45) is 1.55. The Hall–Kier alpha value is -1.81. The summed E-state index contributed by atoms with van der Waals surface area (Å²) in [5.41, 5.74) is 2.12. The number of aliphatic hydroxyl groups is 2. The van der Waals surface area contributed by atoms with Crippen LogP contribution in [0.2, 0.25) is 0 Å². The summed E-state index contributed by atoms with van der Waals surface area (Å²) >= 11 is 3.27. The fourth-order valence-electron chi connectivity index (χ4n) is 2.01. The summed E-state index contributed by atoms with van der Waals surface area (Å²) in [5, 5.41) is 28.4. The van der Waals surface area contributed by atoms with Gasteiger partial charge in [-0.25, -0.2) is 4.98 Å². The highest BCUT2D eigenvalue weighted by molar-refractivity contribution is 9.10. The van der Waals surface area contributed by atoms with Gasteiger partial charge in [0.1, 0.15) is 16.8 Å². The maximum absolute atomic E-state index is 10.5. The van der Waals surface area contributed by atoms with Crippen LogP contribution >= 0.6 is 15.9 Å². The Bertz CT molecular complexity index is 670. The third-order valence-electron chi connectivity index (χ3n) is 3.01. The average molecular weight is 348 g/mol. The average Bonchev–Trinajstić information content (AvgIpc) is 2.52. The van der Waals surface area contributed by atoms with Crippen molar-refractivity contribution in [1.29, 1.82) is 5.26 Å². The molecule has 108 valence electrons. The van der Waals surface area contributed by atoms with E-state index >= 15 is 0 Å². The van der Waals surface area contributed by atoms with Gasteiger partial charge in [-0.1, -0.05) is 6.07 Å². The molecular weight excluding hydrogens is 334 g/mol. The maximum atomic E-state index is 10.5. The number of pyridine rings is 2. The van der Waals surface area contributed by atoms with Crippen LogP contribution < -0.4 is 0 Å². The number of hydrogen-bond acceptors (Lipinski definition) is 5. The predicted octanol–water partition coefficient (Wildman–Crippen LogP) is 2.12. The van der Waals surface area contributed by atoms with Gasteiger partial charge >= 0.3 is 0 Å². The number of nitriles is 1. The molecule has 0 spiro atoms. The van der Waals surface area contributed by atoms with Gasteiger partial charge < -0.3 is 10.2 Å². The summed E-state index contributed by atoms with van der Waals surface area (Å²) < 4.78 is 0.629. The number of hydrogen-bond donors (Lipinski definition) is 2. The van der Waals surface area contributed by atoms with E-state index in [2.05, 4.69) is 25.9 Å². The quantitative estimate of drug-likeness (QED) is 0.808. The van der Waals surface area contributed by atoms with Gasteiger partial charge in [-0.3, -0.25) is 4.98 Å². The van der Waals surface area contributed by atoms with Crippen molar-refractivity contribution in [1.82, 2.24) is 9.97 Å². The van der Waals surface area contributed by atoms with Crippen LogP contribution in [0.1, 0.15) is 35.0 Å². The molecule has 0 radical (unpaired) electrons. The molecule has 0 saturated heterocycles. The van der Waals surface area contributed by atoms with Crippen molar-refractivity contribution in [3.05, 3.63) is 57.6 Å². The van der Waals surface area contributed by atoms with Gasteiger partial charge in [0.25, 0.3) is 0 Å². The lowest BCUT2D eigenvalue weighted by molar-refractivity contribution is 0.208. The number of aryl methyl sites for hydroxylation is 1. The second-order valence-electron chi connectivity index (χ2n) is 4.50. The van der Waals surface area contributed by atoms with Gasteiger partial charge in [0, 0.05) is 12.8 Å². The van der Waals surface area contributed by atoms with E-state index in [0.29, 0.717) is 34.4 Å². The fourth-order valence-corrected chi connectivity index (χ4v) is 2.37. The topological polar surface area (TPSA) is 90.0 Å². The van der Waals surface area contributed by atoms with E-state index in [1.165, 1.54) is 6.20 Å². The first-order chi connectivity index (χ1) is 10.2. The maximum Gasteiger partial charge on any atom is 0.138 e. The van der Waals surface area contributed by atoms with Crippen LogP contribution in [-0.4, -0.2) is 26.8 Å². The highest BCUT2D eigenvalue weighted by atomic mass is 79.9. The van der Waals surface area contributed by atoms with Crippen LogP contribution in [0, 0.1) is 11.3 Å². The first-order valence-corrected chi connectivity index (χ1v) is 7.25. The van der Waals surface area contributed by atoms with Gasteiger partial charge in [0.2, 0.25) is 0 Å². The second kappa shape index (κ2) is 7.27. The molecule has 21 heavy (non-hydrogen) atoms. The third-order valence-corrected chi connectivity index (χ3v) is 3.45. The Labute approximate surface area is 131 Å². The van der Waals surface area contributed by atoms with Crippen LogP contribution in [0.3, 0.4) is 0 Å². The summed E-state index contributed by atoms with van der Waals surface area (Å²) in [6, 6.07) is 8.99. The van der Waals surface area contributed by atoms with Crippen LogP contribution in [-0.2, 0) is 6.42 Å². The van der Waals surface area contributed by atoms with E-state index in [0.717, 1.165) is 5.56 Å². The Kier molecular flexibility index (Phi) is 5.39. The lowest BCUT2D eigenvalue weighted by Crippen LogP contribution is -2.09. The van der Waals surface area contributed by atoms with Gasteiger partial charge in [-0.2, -0.15) is 5.26 Å². The smallest absolute Gasteiger partial charge is 0.138 e. The molecule has 0 aliphatic heterocycles. The molecule has 0 aliphatic carbocycles. The van der Waals surface area contributed by atoms with E-state index in [9.17, 15) is 5.11 Å². The summed E-state index contributed by atoms with van der Waals surface area (Å²) in [7, 11) is 0. The third kappa shape index (κ3) is 3.85. The number of halogens is 1. The molecule has 5 nitrogen and oxygen atoms in total. The largest absolute Gasteiger partial charge is 0.396 e. The van der Waals surface area contributed by atoms with Crippen molar-refractivity contribution in [2.75, 3.05) is 6.61 Å². The van der Waals surface area contributed by atoms with Gasteiger partial charge in [-0.05, 0) is 52.5 Å². The SMILES string of the molecule is N#Cc1cnc(C(O)c2cccc(Br)n2)c(CCCO)c1. The van der Waals surface area contributed by atoms with Crippen LogP contribution in [0.15, 0.2) is 35.1 Å². The van der Waals surface area contributed by atoms with Gasteiger partial charge in [0.15, 0.2) is 0 Å². The molecule has 2 rings (SSSR count). The van der Waals surface area contributed by atoms with E-state index in [1.54, 1.807) is 24.3 Å². The molecule has 0 aliphatic rings. The van der Waals surface area contributed by atoms with Crippen molar-refractivity contribution in [2.24, 2.45) is 0 Å². The lowest BCUT2D eigenvalue weighted by atomic mass is 10.0. The van der Waals surface area contributed by atoms with Crippen LogP contribution in [0.4, 0.5) is 0 Å². The van der Waals surface area contributed by atoms with E-state index in [4.69, 9.17) is 10.4 Å². The number of nitrogens with zero attached hydrogens (tertiary/aromatic N) is 3. The number of aromatic nitrogens is 2. The first-order valence-electron chi connectivity index (χ1n) is 6.46. The Morgan fingerprint density at radius 3 is 2.86 bits per heavy atom. The standard InChI is InChI=1S/C15H14BrN3O2/c16-13-5-1-4-12(19-13)15(21)14-11(3-2-6-20)7-10(8-17)9-18-14/h1,4-5,7,9,15,20-21H,2-3,6H2. The highest BCUT2D eigenvalue weighted by Crippen LogP contribution is 2.24. The molecule has 2 heterocycles. The second-order valence-corrected chi connectivity index (χ2v) is 5.31. The number of aliphatic hydroxyl groups excluding tert-OH is 2. The predicted molar refractivity (Wildman–Crippen MR) is 80.4 cm³/mol. The first kappa shape index (κ1) is 15.6. The normalized spacial score (nSPS) is 11.9.